The number of esters is 1. The van der Waals surface area contributed by atoms with E-state index in [0.29, 0.717) is 12.2 Å². The maximum absolute atomic E-state index is 11.7. The minimum absolute atomic E-state index is 0.181. The molecule has 1 rings (SSSR count). The van der Waals surface area contributed by atoms with Gasteiger partial charge in [0.2, 0.25) is 0 Å². The van der Waals surface area contributed by atoms with Crippen LogP contribution < -0.4 is 0 Å². The molecule has 0 aliphatic heterocycles. The molecule has 0 aromatic carbocycles. The highest BCUT2D eigenvalue weighted by atomic mass is 35.5. The van der Waals surface area contributed by atoms with Gasteiger partial charge in [0.1, 0.15) is 11.8 Å². The third-order valence-electron chi connectivity index (χ3n) is 2.51. The average Bonchev–Trinajstić information content (AvgIpc) is 2.35. The average molecular weight is 257 g/mol. The quantitative estimate of drug-likeness (QED) is 0.578. The lowest BCUT2D eigenvalue weighted by molar-refractivity contribution is 0.0466. The van der Waals surface area contributed by atoms with Crippen LogP contribution in [-0.2, 0) is 4.74 Å². The monoisotopic (exact) mass is 256 g/mol. The number of hydrogen-bond acceptors (Lipinski definition) is 4. The molecular formula is C12H17ClN2O2. The first-order chi connectivity index (χ1) is 8.19. The highest BCUT2D eigenvalue weighted by molar-refractivity contribution is 6.32. The SMILES string of the molecule is CCN(CC)CCOC(=O)c1cccnc1Cl. The van der Waals surface area contributed by atoms with E-state index in [2.05, 4.69) is 23.7 Å². The maximum atomic E-state index is 11.7. The van der Waals surface area contributed by atoms with Crippen LogP contribution in [0.1, 0.15) is 24.2 Å². The topological polar surface area (TPSA) is 42.4 Å². The van der Waals surface area contributed by atoms with Crippen molar-refractivity contribution in [2.75, 3.05) is 26.2 Å². The largest absolute Gasteiger partial charge is 0.461 e. The fourth-order valence-electron chi connectivity index (χ4n) is 1.42. The molecule has 0 amide bonds. The van der Waals surface area contributed by atoms with Crippen molar-refractivity contribution in [3.63, 3.8) is 0 Å². The predicted molar refractivity (Wildman–Crippen MR) is 67.3 cm³/mol. The number of aromatic nitrogens is 1. The third kappa shape index (κ3) is 4.32. The Bertz CT molecular complexity index is 367. The Balaban J connectivity index is 2.43. The lowest BCUT2D eigenvalue weighted by Gasteiger charge is -2.17. The highest BCUT2D eigenvalue weighted by Gasteiger charge is 2.12. The summed E-state index contributed by atoms with van der Waals surface area (Å²) >= 11 is 5.79. The summed E-state index contributed by atoms with van der Waals surface area (Å²) in [5.41, 5.74) is 0.314. The van der Waals surface area contributed by atoms with Gasteiger partial charge in [0.05, 0.1) is 5.56 Å². The molecule has 1 aromatic rings. The Morgan fingerprint density at radius 3 is 2.76 bits per heavy atom. The number of carbonyl (C=O) groups is 1. The van der Waals surface area contributed by atoms with E-state index in [1.165, 1.54) is 6.20 Å². The maximum Gasteiger partial charge on any atom is 0.341 e. The first-order valence-electron chi connectivity index (χ1n) is 5.69. The molecule has 0 atom stereocenters. The van der Waals surface area contributed by atoms with Gasteiger partial charge in [-0.25, -0.2) is 9.78 Å². The standard InChI is InChI=1S/C12H17ClN2O2/c1-3-15(4-2)8-9-17-12(16)10-6-5-7-14-11(10)13/h5-7H,3-4,8-9H2,1-2H3. The summed E-state index contributed by atoms with van der Waals surface area (Å²) in [7, 11) is 0. The van der Waals surface area contributed by atoms with E-state index in [4.69, 9.17) is 16.3 Å². The molecule has 1 aromatic heterocycles. The Kier molecular flexibility index (Phi) is 5.94. The zero-order valence-electron chi connectivity index (χ0n) is 10.1. The minimum atomic E-state index is -0.421. The number of hydrogen-bond donors (Lipinski definition) is 0. The fourth-order valence-corrected chi connectivity index (χ4v) is 1.62. The molecular weight excluding hydrogens is 240 g/mol. The van der Waals surface area contributed by atoms with Crippen LogP contribution in [0.4, 0.5) is 0 Å². The fraction of sp³-hybridized carbons (Fsp3) is 0.500. The molecule has 0 radical (unpaired) electrons. The molecule has 17 heavy (non-hydrogen) atoms. The third-order valence-corrected chi connectivity index (χ3v) is 2.82. The van der Waals surface area contributed by atoms with Crippen molar-refractivity contribution in [3.8, 4) is 0 Å². The molecule has 0 saturated heterocycles. The summed E-state index contributed by atoms with van der Waals surface area (Å²) in [6.07, 6.45) is 1.54. The van der Waals surface area contributed by atoms with E-state index in [1.807, 2.05) is 0 Å². The van der Waals surface area contributed by atoms with Crippen molar-refractivity contribution in [2.45, 2.75) is 13.8 Å². The van der Waals surface area contributed by atoms with Crippen molar-refractivity contribution in [1.82, 2.24) is 9.88 Å². The van der Waals surface area contributed by atoms with Gasteiger partial charge in [-0.15, -0.1) is 0 Å². The van der Waals surface area contributed by atoms with E-state index in [-0.39, 0.29) is 5.15 Å². The van der Waals surface area contributed by atoms with Gasteiger partial charge in [0.15, 0.2) is 0 Å². The summed E-state index contributed by atoms with van der Waals surface area (Å²) < 4.78 is 5.14. The second-order valence-electron chi connectivity index (χ2n) is 3.50. The van der Waals surface area contributed by atoms with Gasteiger partial charge in [0, 0.05) is 12.7 Å². The summed E-state index contributed by atoms with van der Waals surface area (Å²) in [6, 6.07) is 3.27. The van der Waals surface area contributed by atoms with Gasteiger partial charge in [-0.1, -0.05) is 25.4 Å². The van der Waals surface area contributed by atoms with Gasteiger partial charge >= 0.3 is 5.97 Å². The molecule has 0 saturated carbocycles. The summed E-state index contributed by atoms with van der Waals surface area (Å²) in [4.78, 5) is 17.7. The first-order valence-corrected chi connectivity index (χ1v) is 6.06. The van der Waals surface area contributed by atoms with Crippen LogP contribution in [0.2, 0.25) is 5.15 Å². The zero-order valence-corrected chi connectivity index (χ0v) is 10.9. The van der Waals surface area contributed by atoms with Gasteiger partial charge < -0.3 is 9.64 Å². The van der Waals surface area contributed by atoms with Gasteiger partial charge in [-0.2, -0.15) is 0 Å². The molecule has 0 aliphatic rings. The second-order valence-corrected chi connectivity index (χ2v) is 3.86. The van der Waals surface area contributed by atoms with Crippen LogP contribution in [0.3, 0.4) is 0 Å². The Labute approximate surface area is 107 Å². The van der Waals surface area contributed by atoms with E-state index in [0.717, 1.165) is 19.6 Å². The van der Waals surface area contributed by atoms with Crippen LogP contribution in [0, 0.1) is 0 Å². The number of carbonyl (C=O) groups excluding carboxylic acids is 1. The normalized spacial score (nSPS) is 10.6. The molecule has 0 spiro atoms. The molecule has 0 bridgehead atoms. The second kappa shape index (κ2) is 7.25. The predicted octanol–water partition coefficient (Wildman–Crippen LogP) is 2.23. The smallest absolute Gasteiger partial charge is 0.341 e. The van der Waals surface area contributed by atoms with E-state index >= 15 is 0 Å². The number of nitrogens with zero attached hydrogens (tertiary/aromatic N) is 2. The summed E-state index contributed by atoms with van der Waals surface area (Å²) in [5, 5.41) is 0.181. The van der Waals surface area contributed by atoms with Gasteiger partial charge in [0.25, 0.3) is 0 Å². The van der Waals surface area contributed by atoms with Crippen LogP contribution in [0.15, 0.2) is 18.3 Å². The minimum Gasteiger partial charge on any atom is -0.461 e. The number of halogens is 1. The Hall–Kier alpha value is -1.13. The lowest BCUT2D eigenvalue weighted by atomic mass is 10.3. The van der Waals surface area contributed by atoms with Crippen molar-refractivity contribution >= 4 is 17.6 Å². The van der Waals surface area contributed by atoms with E-state index in [9.17, 15) is 4.79 Å². The highest BCUT2D eigenvalue weighted by Crippen LogP contribution is 2.12. The van der Waals surface area contributed by atoms with Crippen molar-refractivity contribution in [3.05, 3.63) is 29.0 Å². The number of pyridine rings is 1. The molecule has 0 N–H and O–H groups in total. The van der Waals surface area contributed by atoms with Crippen LogP contribution in [0.5, 0.6) is 0 Å². The molecule has 0 fully saturated rings. The molecule has 5 heteroatoms. The van der Waals surface area contributed by atoms with Gasteiger partial charge in [-0.05, 0) is 25.2 Å². The first kappa shape index (κ1) is 13.9. The zero-order chi connectivity index (χ0) is 12.7. The van der Waals surface area contributed by atoms with Crippen molar-refractivity contribution in [1.29, 1.82) is 0 Å². The van der Waals surface area contributed by atoms with E-state index < -0.39 is 5.97 Å². The Morgan fingerprint density at radius 2 is 2.18 bits per heavy atom. The molecule has 0 aliphatic carbocycles. The lowest BCUT2D eigenvalue weighted by Crippen LogP contribution is -2.28. The molecule has 1 heterocycles. The van der Waals surface area contributed by atoms with Gasteiger partial charge in [-0.3, -0.25) is 0 Å². The molecule has 0 unspecified atom stereocenters. The van der Waals surface area contributed by atoms with Crippen LogP contribution in [0.25, 0.3) is 0 Å². The number of likely N-dealkylation sites (N-methyl/N-ethyl adjacent to an activating group) is 1. The van der Waals surface area contributed by atoms with Crippen molar-refractivity contribution < 1.29 is 9.53 Å². The molecule has 94 valence electrons. The Morgan fingerprint density at radius 1 is 1.47 bits per heavy atom. The summed E-state index contributed by atoms with van der Waals surface area (Å²) in [6.45, 7) is 7.14. The number of rotatable bonds is 6. The van der Waals surface area contributed by atoms with Crippen LogP contribution in [-0.4, -0.2) is 42.1 Å². The molecule has 4 nitrogen and oxygen atoms in total. The summed E-state index contributed by atoms with van der Waals surface area (Å²) in [5.74, 6) is -0.421. The van der Waals surface area contributed by atoms with Crippen LogP contribution >= 0.6 is 11.6 Å². The van der Waals surface area contributed by atoms with Crippen molar-refractivity contribution in [2.24, 2.45) is 0 Å². The number of ether oxygens (including phenoxy) is 1. The van der Waals surface area contributed by atoms with E-state index in [1.54, 1.807) is 12.1 Å².